The number of carbonyl (C=O) groups is 2. The van der Waals surface area contributed by atoms with Crippen molar-refractivity contribution in [3.05, 3.63) is 68.7 Å². The molecule has 29 heavy (non-hydrogen) atoms. The molecule has 1 N–H and O–H groups in total. The molecule has 150 valence electrons. The number of hydrogen-bond acceptors (Lipinski definition) is 5. The summed E-state index contributed by atoms with van der Waals surface area (Å²) in [5.74, 6) is -4.44. The highest BCUT2D eigenvalue weighted by molar-refractivity contribution is 7.11. The number of ketones is 2. The van der Waals surface area contributed by atoms with E-state index in [9.17, 15) is 22.8 Å². The number of carbonyl (C=O) groups excluding carboxylic acids is 2. The normalized spacial score (nSPS) is 14.0. The molecule has 9 heteroatoms. The number of H-pyrrole nitrogens is 1. The number of halogens is 3. The van der Waals surface area contributed by atoms with Crippen LogP contribution in [-0.4, -0.2) is 26.7 Å². The molecule has 0 saturated heterocycles. The molecule has 1 saturated carbocycles. The van der Waals surface area contributed by atoms with Crippen molar-refractivity contribution in [2.24, 2.45) is 0 Å². The molecule has 0 atom stereocenters. The standard InChI is InChI=1S/C20H16F3N3O2S/c21-12-7-13(22)18(14(23)8-12)19(28)11-6-15(24-9-11)16(27)4-5-17-25-26-20(29-17)10-2-1-3-10/h6-10,24H,1-5H2. The molecule has 3 aromatic rings. The first kappa shape index (κ1) is 19.5. The third-order valence-electron chi connectivity index (χ3n) is 4.98. The minimum atomic E-state index is -1.29. The molecule has 0 radical (unpaired) electrons. The van der Waals surface area contributed by atoms with E-state index in [1.54, 1.807) is 0 Å². The quantitative estimate of drug-likeness (QED) is 0.568. The average Bonchev–Trinajstić information content (AvgIpc) is 3.27. The van der Waals surface area contributed by atoms with Gasteiger partial charge in [0.15, 0.2) is 11.6 Å². The third-order valence-corrected chi connectivity index (χ3v) is 6.13. The molecule has 0 unspecified atom stereocenters. The Balaban J connectivity index is 1.42. The van der Waals surface area contributed by atoms with E-state index < -0.39 is 28.8 Å². The Labute approximate surface area is 168 Å². The van der Waals surface area contributed by atoms with Crippen LogP contribution in [0.25, 0.3) is 0 Å². The van der Waals surface area contributed by atoms with Gasteiger partial charge >= 0.3 is 0 Å². The van der Waals surface area contributed by atoms with Gasteiger partial charge in [0.2, 0.25) is 0 Å². The Hall–Kier alpha value is -2.81. The van der Waals surface area contributed by atoms with Crippen molar-refractivity contribution in [2.45, 2.75) is 38.0 Å². The van der Waals surface area contributed by atoms with Gasteiger partial charge in [0.25, 0.3) is 0 Å². The second kappa shape index (κ2) is 7.90. The Bertz CT molecular complexity index is 1070. The number of aromatic nitrogens is 3. The Morgan fingerprint density at radius 1 is 1.10 bits per heavy atom. The number of nitrogens with zero attached hydrogens (tertiary/aromatic N) is 2. The van der Waals surface area contributed by atoms with Gasteiger partial charge in [-0.15, -0.1) is 21.5 Å². The predicted octanol–water partition coefficient (Wildman–Crippen LogP) is 4.60. The summed E-state index contributed by atoms with van der Waals surface area (Å²) in [7, 11) is 0. The second-order valence-corrected chi connectivity index (χ2v) is 8.05. The topological polar surface area (TPSA) is 75.7 Å². The number of Topliss-reactive ketones (excluding diaryl/α,β-unsaturated/α-hetero) is 1. The highest BCUT2D eigenvalue weighted by Gasteiger charge is 2.24. The maximum absolute atomic E-state index is 13.8. The van der Waals surface area contributed by atoms with Crippen molar-refractivity contribution in [1.29, 1.82) is 0 Å². The van der Waals surface area contributed by atoms with E-state index in [2.05, 4.69) is 15.2 Å². The summed E-state index contributed by atoms with van der Waals surface area (Å²) in [6, 6.07) is 2.12. The van der Waals surface area contributed by atoms with Crippen LogP contribution in [0.1, 0.15) is 68.0 Å². The van der Waals surface area contributed by atoms with Crippen molar-refractivity contribution in [1.82, 2.24) is 15.2 Å². The molecule has 0 amide bonds. The zero-order valence-corrected chi connectivity index (χ0v) is 16.0. The van der Waals surface area contributed by atoms with Crippen molar-refractivity contribution < 1.29 is 22.8 Å². The van der Waals surface area contributed by atoms with Gasteiger partial charge in [-0.05, 0) is 18.9 Å². The Morgan fingerprint density at radius 3 is 2.48 bits per heavy atom. The molecule has 5 nitrogen and oxygen atoms in total. The second-order valence-electron chi connectivity index (χ2n) is 6.96. The van der Waals surface area contributed by atoms with Gasteiger partial charge in [-0.25, -0.2) is 13.2 Å². The minimum Gasteiger partial charge on any atom is -0.358 e. The summed E-state index contributed by atoms with van der Waals surface area (Å²) in [6.45, 7) is 0. The van der Waals surface area contributed by atoms with Crippen molar-refractivity contribution in [3.63, 3.8) is 0 Å². The van der Waals surface area contributed by atoms with Crippen molar-refractivity contribution >= 4 is 22.9 Å². The predicted molar refractivity (Wildman–Crippen MR) is 99.7 cm³/mol. The van der Waals surface area contributed by atoms with Gasteiger partial charge in [-0.2, -0.15) is 0 Å². The first-order valence-electron chi connectivity index (χ1n) is 9.15. The summed E-state index contributed by atoms with van der Waals surface area (Å²) < 4.78 is 40.7. The summed E-state index contributed by atoms with van der Waals surface area (Å²) >= 11 is 1.51. The largest absolute Gasteiger partial charge is 0.358 e. The zero-order chi connectivity index (χ0) is 20.5. The van der Waals surface area contributed by atoms with Crippen LogP contribution in [0.4, 0.5) is 13.2 Å². The van der Waals surface area contributed by atoms with E-state index in [1.807, 2.05) is 0 Å². The maximum Gasteiger partial charge on any atom is 0.200 e. The van der Waals surface area contributed by atoms with Gasteiger partial charge in [0.05, 0.1) is 11.3 Å². The molecule has 1 aliphatic carbocycles. The number of rotatable bonds is 7. The highest BCUT2D eigenvalue weighted by Crippen LogP contribution is 2.37. The molecule has 2 aromatic heterocycles. The molecule has 0 aliphatic heterocycles. The molecule has 1 aliphatic rings. The number of nitrogens with one attached hydrogen (secondary N) is 1. The average molecular weight is 419 g/mol. The molecular formula is C20H16F3N3O2S. The smallest absolute Gasteiger partial charge is 0.200 e. The van der Waals surface area contributed by atoms with Gasteiger partial charge in [0, 0.05) is 42.7 Å². The molecule has 4 rings (SSSR count). The van der Waals surface area contributed by atoms with Crippen LogP contribution < -0.4 is 0 Å². The van der Waals surface area contributed by atoms with E-state index in [1.165, 1.54) is 30.0 Å². The van der Waals surface area contributed by atoms with Crippen LogP contribution in [-0.2, 0) is 6.42 Å². The van der Waals surface area contributed by atoms with Gasteiger partial charge in [0.1, 0.15) is 27.5 Å². The molecule has 1 aromatic carbocycles. The van der Waals surface area contributed by atoms with E-state index in [0.29, 0.717) is 24.5 Å². The summed E-state index contributed by atoms with van der Waals surface area (Å²) in [4.78, 5) is 27.4. The lowest BCUT2D eigenvalue weighted by Crippen LogP contribution is -2.07. The fourth-order valence-electron chi connectivity index (χ4n) is 3.13. The Kier molecular flexibility index (Phi) is 5.31. The van der Waals surface area contributed by atoms with Crippen molar-refractivity contribution in [2.75, 3.05) is 0 Å². The van der Waals surface area contributed by atoms with E-state index in [4.69, 9.17) is 0 Å². The lowest BCUT2D eigenvalue weighted by atomic mass is 9.86. The number of aromatic amines is 1. The molecule has 2 heterocycles. The van der Waals surface area contributed by atoms with E-state index in [0.717, 1.165) is 22.9 Å². The van der Waals surface area contributed by atoms with Crippen molar-refractivity contribution in [3.8, 4) is 0 Å². The number of hydrogen-bond donors (Lipinski definition) is 1. The van der Waals surface area contributed by atoms with Crippen LogP contribution in [0.3, 0.4) is 0 Å². The lowest BCUT2D eigenvalue weighted by Gasteiger charge is -2.21. The first-order chi connectivity index (χ1) is 13.9. The Morgan fingerprint density at radius 2 is 1.83 bits per heavy atom. The molecule has 1 fully saturated rings. The maximum atomic E-state index is 13.8. The van der Waals surface area contributed by atoms with Gasteiger partial charge in [-0.1, -0.05) is 6.42 Å². The van der Waals surface area contributed by atoms with Crippen LogP contribution >= 0.6 is 11.3 Å². The molecule has 0 bridgehead atoms. The van der Waals surface area contributed by atoms with Crippen LogP contribution in [0.2, 0.25) is 0 Å². The number of aryl methyl sites for hydroxylation is 1. The lowest BCUT2D eigenvalue weighted by molar-refractivity contribution is 0.0978. The summed E-state index contributed by atoms with van der Waals surface area (Å²) in [5, 5.41) is 10.1. The van der Waals surface area contributed by atoms with Gasteiger partial charge in [-0.3, -0.25) is 9.59 Å². The highest BCUT2D eigenvalue weighted by atomic mass is 32.1. The summed E-state index contributed by atoms with van der Waals surface area (Å²) in [5.41, 5.74) is -0.789. The fourth-order valence-corrected chi connectivity index (χ4v) is 4.14. The molecule has 0 spiro atoms. The van der Waals surface area contributed by atoms with E-state index >= 15 is 0 Å². The minimum absolute atomic E-state index is 0.0825. The third kappa shape index (κ3) is 4.00. The van der Waals surface area contributed by atoms with Crippen LogP contribution in [0.5, 0.6) is 0 Å². The van der Waals surface area contributed by atoms with Crippen LogP contribution in [0.15, 0.2) is 24.4 Å². The fraction of sp³-hybridized carbons (Fsp3) is 0.300. The monoisotopic (exact) mass is 419 g/mol. The summed E-state index contributed by atoms with van der Waals surface area (Å²) in [6.07, 6.45) is 5.25. The van der Waals surface area contributed by atoms with Gasteiger partial charge < -0.3 is 4.98 Å². The van der Waals surface area contributed by atoms with Crippen LogP contribution in [0, 0.1) is 17.5 Å². The SMILES string of the molecule is O=C(CCc1nnc(C2CCC2)s1)c1cc(C(=O)c2c(F)cc(F)cc2F)c[nH]1. The zero-order valence-electron chi connectivity index (χ0n) is 15.2. The van der Waals surface area contributed by atoms with E-state index in [-0.39, 0.29) is 23.5 Å². The molecular weight excluding hydrogens is 403 g/mol. The number of benzene rings is 1. The first-order valence-corrected chi connectivity index (χ1v) is 9.97.